The zero-order valence-electron chi connectivity index (χ0n) is 20.2. The Labute approximate surface area is 209 Å². The number of nitrogens with one attached hydrogen (secondary N) is 2. The molecule has 0 unspecified atom stereocenters. The number of carbonyl (C=O) groups is 1. The predicted octanol–water partition coefficient (Wildman–Crippen LogP) is 4.71. The van der Waals surface area contributed by atoms with Crippen LogP contribution in [0, 0.1) is 0 Å². The number of pyridine rings is 1. The molecule has 2 N–H and O–H groups in total. The van der Waals surface area contributed by atoms with Crippen LogP contribution < -0.4 is 10.1 Å². The number of benzene rings is 2. The smallest absolute Gasteiger partial charge is 0.255 e. The van der Waals surface area contributed by atoms with E-state index in [-0.39, 0.29) is 5.91 Å². The molecule has 4 heterocycles. The first-order valence-electron chi connectivity index (χ1n) is 13.0. The largest absolute Gasteiger partial charge is 0.491 e. The van der Waals surface area contributed by atoms with Crippen molar-refractivity contribution in [3.63, 3.8) is 0 Å². The summed E-state index contributed by atoms with van der Waals surface area (Å²) >= 11 is 0. The van der Waals surface area contributed by atoms with Crippen molar-refractivity contribution in [1.82, 2.24) is 25.4 Å². The van der Waals surface area contributed by atoms with E-state index in [1.165, 1.54) is 48.9 Å². The zero-order chi connectivity index (χ0) is 24.1. The summed E-state index contributed by atoms with van der Waals surface area (Å²) in [5.41, 5.74) is 8.18. The van der Waals surface area contributed by atoms with Gasteiger partial charge in [0.1, 0.15) is 18.1 Å². The van der Waals surface area contributed by atoms with E-state index >= 15 is 0 Å². The lowest BCUT2D eigenvalue weighted by Gasteiger charge is -2.33. The van der Waals surface area contributed by atoms with Gasteiger partial charge >= 0.3 is 0 Å². The van der Waals surface area contributed by atoms with E-state index in [2.05, 4.69) is 49.7 Å². The molecule has 0 atom stereocenters. The van der Waals surface area contributed by atoms with E-state index in [1.807, 2.05) is 24.4 Å². The Bertz CT molecular complexity index is 1470. The van der Waals surface area contributed by atoms with Gasteiger partial charge in [-0.2, -0.15) is 5.10 Å². The van der Waals surface area contributed by atoms with Gasteiger partial charge in [0.2, 0.25) is 0 Å². The number of rotatable bonds is 3. The summed E-state index contributed by atoms with van der Waals surface area (Å²) < 4.78 is 5.82. The van der Waals surface area contributed by atoms with E-state index in [0.29, 0.717) is 24.5 Å². The van der Waals surface area contributed by atoms with Gasteiger partial charge in [0.25, 0.3) is 5.91 Å². The van der Waals surface area contributed by atoms with E-state index in [4.69, 9.17) is 4.74 Å². The van der Waals surface area contributed by atoms with Gasteiger partial charge in [0.05, 0.1) is 12.1 Å². The highest BCUT2D eigenvalue weighted by molar-refractivity contribution is 5.99. The average molecular weight is 480 g/mol. The molecule has 2 aliphatic heterocycles. The van der Waals surface area contributed by atoms with Crippen molar-refractivity contribution in [1.29, 1.82) is 0 Å². The molecule has 1 amide bonds. The summed E-state index contributed by atoms with van der Waals surface area (Å²) in [6, 6.07) is 15.4. The van der Waals surface area contributed by atoms with Gasteiger partial charge in [-0.25, -0.2) is 4.98 Å². The first-order chi connectivity index (χ1) is 17.7. The van der Waals surface area contributed by atoms with Crippen LogP contribution in [0.25, 0.3) is 33.4 Å². The number of nitrogens with zero attached hydrogens (tertiary/aromatic N) is 3. The molecule has 0 radical (unpaired) electrons. The minimum absolute atomic E-state index is 0.108. The van der Waals surface area contributed by atoms with Gasteiger partial charge in [-0.3, -0.25) is 14.8 Å². The Morgan fingerprint density at radius 1 is 0.972 bits per heavy atom. The summed E-state index contributed by atoms with van der Waals surface area (Å²) in [5.74, 6) is 0.480. The van der Waals surface area contributed by atoms with Gasteiger partial charge < -0.3 is 10.1 Å². The highest BCUT2D eigenvalue weighted by Gasteiger charge is 2.26. The molecule has 0 saturated heterocycles. The Kier molecular flexibility index (Phi) is 5.24. The second kappa shape index (κ2) is 8.75. The number of H-pyrrole nitrogens is 1. The molecule has 2 aromatic carbocycles. The second-order valence-corrected chi connectivity index (χ2v) is 10.1. The molecule has 1 aliphatic carbocycles. The molecule has 7 nitrogen and oxygen atoms in total. The van der Waals surface area contributed by atoms with Crippen molar-refractivity contribution < 1.29 is 9.53 Å². The Morgan fingerprint density at radius 3 is 2.78 bits per heavy atom. The molecule has 0 spiro atoms. The summed E-state index contributed by atoms with van der Waals surface area (Å²) in [4.78, 5) is 19.7. The topological polar surface area (TPSA) is 83.1 Å². The van der Waals surface area contributed by atoms with Crippen molar-refractivity contribution >= 4 is 16.9 Å². The summed E-state index contributed by atoms with van der Waals surface area (Å²) in [6.45, 7) is 3.17. The van der Waals surface area contributed by atoms with Gasteiger partial charge in [0.15, 0.2) is 5.65 Å². The fourth-order valence-electron chi connectivity index (χ4n) is 6.02. The number of aromatic nitrogens is 3. The maximum atomic E-state index is 12.3. The van der Waals surface area contributed by atoms with E-state index < -0.39 is 0 Å². The molecule has 2 aromatic heterocycles. The summed E-state index contributed by atoms with van der Waals surface area (Å²) in [7, 11) is 0. The van der Waals surface area contributed by atoms with Gasteiger partial charge in [-0.1, -0.05) is 31.0 Å². The van der Waals surface area contributed by atoms with Crippen molar-refractivity contribution in [3.8, 4) is 28.1 Å². The molecule has 7 heteroatoms. The third kappa shape index (κ3) is 3.75. The van der Waals surface area contributed by atoms with Crippen LogP contribution in [0.4, 0.5) is 0 Å². The Balaban J connectivity index is 1.23. The van der Waals surface area contributed by atoms with Crippen LogP contribution in [0.15, 0.2) is 48.7 Å². The molecule has 7 rings (SSSR count). The lowest BCUT2D eigenvalue weighted by atomic mass is 9.94. The normalized spacial score (nSPS) is 18.4. The summed E-state index contributed by atoms with van der Waals surface area (Å²) in [5, 5.41) is 11.4. The first-order valence-corrected chi connectivity index (χ1v) is 13.0. The van der Waals surface area contributed by atoms with E-state index in [1.54, 1.807) is 0 Å². The van der Waals surface area contributed by atoms with Crippen molar-refractivity contribution in [2.75, 3.05) is 19.7 Å². The monoisotopic (exact) mass is 479 g/mol. The van der Waals surface area contributed by atoms with Crippen molar-refractivity contribution in [3.05, 3.63) is 65.4 Å². The fraction of sp³-hybridized carbons (Fsp3) is 0.345. The van der Waals surface area contributed by atoms with Crippen LogP contribution in [0.2, 0.25) is 0 Å². The van der Waals surface area contributed by atoms with E-state index in [9.17, 15) is 4.79 Å². The number of amides is 1. The highest BCUT2D eigenvalue weighted by Crippen LogP contribution is 2.34. The molecular weight excluding hydrogens is 450 g/mol. The molecular formula is C29H29N5O2. The average Bonchev–Trinajstić information content (AvgIpc) is 3.57. The number of hydrogen-bond acceptors (Lipinski definition) is 5. The molecule has 0 bridgehead atoms. The van der Waals surface area contributed by atoms with Crippen LogP contribution in [-0.4, -0.2) is 51.7 Å². The van der Waals surface area contributed by atoms with Crippen LogP contribution in [0.1, 0.15) is 47.2 Å². The van der Waals surface area contributed by atoms with Crippen molar-refractivity contribution in [2.24, 2.45) is 0 Å². The minimum atomic E-state index is -0.108. The number of carbonyl (C=O) groups excluding carboxylic acids is 1. The maximum Gasteiger partial charge on any atom is 0.255 e. The molecule has 3 aliphatic rings. The van der Waals surface area contributed by atoms with Crippen LogP contribution in [-0.2, 0) is 13.0 Å². The second-order valence-electron chi connectivity index (χ2n) is 10.1. The Morgan fingerprint density at radius 2 is 1.86 bits per heavy atom. The number of fused-ring (bicyclic) bond motifs is 3. The van der Waals surface area contributed by atoms with Gasteiger partial charge in [-0.05, 0) is 60.2 Å². The first kappa shape index (κ1) is 21.6. The van der Waals surface area contributed by atoms with Gasteiger partial charge in [-0.15, -0.1) is 0 Å². The third-order valence-electron chi connectivity index (χ3n) is 7.98. The maximum absolute atomic E-state index is 12.3. The number of ether oxygens (including phenoxy) is 1. The van der Waals surface area contributed by atoms with E-state index in [0.717, 1.165) is 46.9 Å². The number of hydrogen-bond donors (Lipinski definition) is 2. The third-order valence-corrected chi connectivity index (χ3v) is 7.98. The number of aromatic amines is 1. The van der Waals surface area contributed by atoms with Crippen LogP contribution in [0.3, 0.4) is 0 Å². The predicted molar refractivity (Wildman–Crippen MR) is 139 cm³/mol. The molecule has 1 saturated carbocycles. The lowest BCUT2D eigenvalue weighted by Crippen LogP contribution is -2.37. The molecule has 36 heavy (non-hydrogen) atoms. The summed E-state index contributed by atoms with van der Waals surface area (Å²) in [6.07, 6.45) is 8.49. The minimum Gasteiger partial charge on any atom is -0.491 e. The molecule has 1 fully saturated rings. The fourth-order valence-corrected chi connectivity index (χ4v) is 6.02. The van der Waals surface area contributed by atoms with Crippen LogP contribution >= 0.6 is 0 Å². The standard InChI is InChI=1S/C29H29N5O2/c35-29-24-8-7-20(15-26(24)36-12-10-30-29)27-25-14-21(16-31-28(25)33-32-27)19-6-5-18-9-11-34(17-22(18)13-19)23-3-1-2-4-23/h5-8,13-16,23H,1-4,9-12,17H2,(H,30,35)(H,31,32,33). The lowest BCUT2D eigenvalue weighted by molar-refractivity contribution is 0.0957. The van der Waals surface area contributed by atoms with Crippen LogP contribution in [0.5, 0.6) is 5.75 Å². The quantitative estimate of drug-likeness (QED) is 0.445. The SMILES string of the molecule is O=C1NCCOc2cc(-c3n[nH]c4ncc(-c5ccc6c(c5)CN(C5CCCC5)CC6)cc34)ccc21. The van der Waals surface area contributed by atoms with Crippen molar-refractivity contribution in [2.45, 2.75) is 44.7 Å². The zero-order valence-corrected chi connectivity index (χ0v) is 20.2. The Hall–Kier alpha value is -3.71. The molecule has 4 aromatic rings. The van der Waals surface area contributed by atoms with Gasteiger partial charge in [0, 0.05) is 41.8 Å². The highest BCUT2D eigenvalue weighted by atomic mass is 16.5. The molecule has 182 valence electrons.